The lowest BCUT2D eigenvalue weighted by molar-refractivity contribution is 0.693. The molecule has 1 fully saturated rings. The number of nitrogens with zero attached hydrogens (tertiary/aromatic N) is 2. The largest absolute Gasteiger partial charge is 0.318 e. The van der Waals surface area contributed by atoms with E-state index in [1.54, 1.807) is 11.3 Å². The fourth-order valence-electron chi connectivity index (χ4n) is 1.90. The first-order valence-electron chi connectivity index (χ1n) is 5.71. The molecular formula is C13H13ClN2S. The number of para-hydroxylation sites is 1. The van der Waals surface area contributed by atoms with Gasteiger partial charge in [-0.25, -0.2) is 4.99 Å². The molecule has 1 aliphatic carbocycles. The van der Waals surface area contributed by atoms with E-state index in [2.05, 4.69) is 21.9 Å². The summed E-state index contributed by atoms with van der Waals surface area (Å²) < 4.78 is 2.33. The lowest BCUT2D eigenvalue weighted by Crippen LogP contribution is -2.14. The summed E-state index contributed by atoms with van der Waals surface area (Å²) in [4.78, 5) is 5.73. The van der Waals surface area contributed by atoms with Crippen molar-refractivity contribution in [1.29, 1.82) is 0 Å². The lowest BCUT2D eigenvalue weighted by atomic mass is 10.3. The summed E-state index contributed by atoms with van der Waals surface area (Å²) in [5.41, 5.74) is 2.15. The van der Waals surface area contributed by atoms with Gasteiger partial charge in [-0.1, -0.05) is 23.7 Å². The molecule has 1 heterocycles. The molecule has 1 aromatic heterocycles. The molecule has 1 saturated carbocycles. The highest BCUT2D eigenvalue weighted by Gasteiger charge is 2.25. The number of benzene rings is 1. The Bertz CT molecular complexity index is 608. The van der Waals surface area contributed by atoms with Crippen molar-refractivity contribution in [3.05, 3.63) is 45.2 Å². The van der Waals surface area contributed by atoms with E-state index in [-0.39, 0.29) is 0 Å². The standard InChI is InChI=1S/C13H13ClN2S/c1-9-8-17-13(16(9)10-6-7-10)15-12-5-3-2-4-11(12)14/h2-5,8,10H,6-7H2,1H3. The van der Waals surface area contributed by atoms with Crippen molar-refractivity contribution in [2.45, 2.75) is 25.8 Å². The summed E-state index contributed by atoms with van der Waals surface area (Å²) >= 11 is 7.82. The van der Waals surface area contributed by atoms with Crippen LogP contribution in [-0.2, 0) is 0 Å². The zero-order chi connectivity index (χ0) is 11.8. The fourth-order valence-corrected chi connectivity index (χ4v) is 3.03. The Kier molecular flexibility index (Phi) is 2.81. The molecular weight excluding hydrogens is 252 g/mol. The number of hydrogen-bond acceptors (Lipinski definition) is 2. The molecule has 4 heteroatoms. The van der Waals surface area contributed by atoms with Gasteiger partial charge >= 0.3 is 0 Å². The number of aromatic nitrogens is 1. The first kappa shape index (κ1) is 11.1. The van der Waals surface area contributed by atoms with Crippen molar-refractivity contribution in [1.82, 2.24) is 4.57 Å². The van der Waals surface area contributed by atoms with Gasteiger partial charge in [-0.2, -0.15) is 0 Å². The minimum absolute atomic E-state index is 0.655. The molecule has 0 saturated heterocycles. The van der Waals surface area contributed by atoms with Crippen LogP contribution in [0.5, 0.6) is 0 Å². The molecule has 17 heavy (non-hydrogen) atoms. The third-order valence-electron chi connectivity index (χ3n) is 2.90. The SMILES string of the molecule is Cc1csc(=Nc2ccccc2Cl)n1C1CC1. The third-order valence-corrected chi connectivity index (χ3v) is 4.18. The van der Waals surface area contributed by atoms with Crippen molar-refractivity contribution in [3.63, 3.8) is 0 Å². The molecule has 0 radical (unpaired) electrons. The summed E-state index contributed by atoms with van der Waals surface area (Å²) in [6, 6.07) is 8.38. The molecule has 0 unspecified atom stereocenters. The van der Waals surface area contributed by atoms with Crippen molar-refractivity contribution >= 4 is 28.6 Å². The molecule has 88 valence electrons. The molecule has 2 aromatic rings. The average Bonchev–Trinajstić information content (AvgIpc) is 3.08. The van der Waals surface area contributed by atoms with Crippen molar-refractivity contribution in [2.75, 3.05) is 0 Å². The van der Waals surface area contributed by atoms with Crippen LogP contribution in [0.1, 0.15) is 24.6 Å². The Hall–Kier alpha value is -1.06. The van der Waals surface area contributed by atoms with Crippen LogP contribution < -0.4 is 4.80 Å². The molecule has 2 nitrogen and oxygen atoms in total. The minimum Gasteiger partial charge on any atom is -0.318 e. The number of rotatable bonds is 2. The van der Waals surface area contributed by atoms with Gasteiger partial charge in [0.15, 0.2) is 4.80 Å². The average molecular weight is 265 g/mol. The van der Waals surface area contributed by atoms with E-state index in [0.29, 0.717) is 11.1 Å². The number of halogens is 1. The third kappa shape index (κ3) is 2.17. The zero-order valence-electron chi connectivity index (χ0n) is 9.56. The van der Waals surface area contributed by atoms with Gasteiger partial charge in [-0.15, -0.1) is 11.3 Å². The van der Waals surface area contributed by atoms with Crippen LogP contribution >= 0.6 is 22.9 Å². The second-order valence-electron chi connectivity index (χ2n) is 4.32. The van der Waals surface area contributed by atoms with Crippen molar-refractivity contribution in [2.24, 2.45) is 4.99 Å². The maximum absolute atomic E-state index is 6.13. The highest BCUT2D eigenvalue weighted by Crippen LogP contribution is 2.35. The molecule has 0 bridgehead atoms. The van der Waals surface area contributed by atoms with E-state index in [4.69, 9.17) is 11.6 Å². The van der Waals surface area contributed by atoms with Crippen molar-refractivity contribution < 1.29 is 0 Å². The molecule has 1 aromatic carbocycles. The summed E-state index contributed by atoms with van der Waals surface area (Å²) in [6.45, 7) is 2.14. The quantitative estimate of drug-likeness (QED) is 0.778. The van der Waals surface area contributed by atoms with Crippen LogP contribution in [0.15, 0.2) is 34.6 Å². The fraction of sp³-hybridized carbons (Fsp3) is 0.308. The summed E-state index contributed by atoms with van der Waals surface area (Å²) in [7, 11) is 0. The van der Waals surface area contributed by atoms with Crippen LogP contribution in [0.3, 0.4) is 0 Å². The molecule has 0 amide bonds. The minimum atomic E-state index is 0.655. The Morgan fingerprint density at radius 3 is 2.82 bits per heavy atom. The van der Waals surface area contributed by atoms with E-state index in [1.165, 1.54) is 18.5 Å². The van der Waals surface area contributed by atoms with Crippen LogP contribution in [-0.4, -0.2) is 4.57 Å². The molecule has 3 rings (SSSR count). The summed E-state index contributed by atoms with van der Waals surface area (Å²) in [6.07, 6.45) is 2.54. The Morgan fingerprint density at radius 2 is 2.12 bits per heavy atom. The number of thiazole rings is 1. The predicted octanol–water partition coefficient (Wildman–Crippen LogP) is 4.08. The maximum atomic E-state index is 6.13. The van der Waals surface area contributed by atoms with Gasteiger partial charge in [0.2, 0.25) is 0 Å². The van der Waals surface area contributed by atoms with Crippen LogP contribution in [0.25, 0.3) is 0 Å². The Balaban J connectivity index is 2.13. The maximum Gasteiger partial charge on any atom is 0.190 e. The smallest absolute Gasteiger partial charge is 0.190 e. The predicted molar refractivity (Wildman–Crippen MR) is 72.0 cm³/mol. The van der Waals surface area contributed by atoms with Crippen LogP contribution in [0, 0.1) is 6.92 Å². The van der Waals surface area contributed by atoms with Gasteiger partial charge in [-0.05, 0) is 31.9 Å². The Morgan fingerprint density at radius 1 is 1.35 bits per heavy atom. The van der Waals surface area contributed by atoms with Crippen molar-refractivity contribution in [3.8, 4) is 0 Å². The topological polar surface area (TPSA) is 17.3 Å². The second-order valence-corrected chi connectivity index (χ2v) is 5.57. The first-order chi connectivity index (χ1) is 8.25. The van der Waals surface area contributed by atoms with Gasteiger partial charge in [0.05, 0.1) is 10.7 Å². The summed E-state index contributed by atoms with van der Waals surface area (Å²) in [5, 5.41) is 2.87. The summed E-state index contributed by atoms with van der Waals surface area (Å²) in [5.74, 6) is 0. The number of aryl methyl sites for hydroxylation is 1. The Labute approximate surface area is 109 Å². The van der Waals surface area contributed by atoms with Gasteiger partial charge in [0.1, 0.15) is 0 Å². The van der Waals surface area contributed by atoms with E-state index in [1.807, 2.05) is 24.3 Å². The van der Waals surface area contributed by atoms with E-state index >= 15 is 0 Å². The van der Waals surface area contributed by atoms with E-state index < -0.39 is 0 Å². The first-order valence-corrected chi connectivity index (χ1v) is 6.97. The van der Waals surface area contributed by atoms with E-state index in [9.17, 15) is 0 Å². The van der Waals surface area contributed by atoms with Gasteiger partial charge in [0.25, 0.3) is 0 Å². The van der Waals surface area contributed by atoms with E-state index in [0.717, 1.165) is 10.5 Å². The zero-order valence-corrected chi connectivity index (χ0v) is 11.1. The van der Waals surface area contributed by atoms with Crippen LogP contribution in [0.2, 0.25) is 5.02 Å². The highest BCUT2D eigenvalue weighted by atomic mass is 35.5. The van der Waals surface area contributed by atoms with Crippen LogP contribution in [0.4, 0.5) is 5.69 Å². The molecule has 0 aliphatic heterocycles. The molecule has 0 N–H and O–H groups in total. The second kappa shape index (κ2) is 4.31. The van der Waals surface area contributed by atoms with Gasteiger partial charge in [0, 0.05) is 17.1 Å². The number of hydrogen-bond donors (Lipinski definition) is 0. The van der Waals surface area contributed by atoms with Gasteiger partial charge < -0.3 is 4.57 Å². The van der Waals surface area contributed by atoms with Gasteiger partial charge in [-0.3, -0.25) is 0 Å². The monoisotopic (exact) mass is 264 g/mol. The highest BCUT2D eigenvalue weighted by molar-refractivity contribution is 7.07. The normalized spacial score (nSPS) is 16.5. The molecule has 0 spiro atoms. The lowest BCUT2D eigenvalue weighted by Gasteiger charge is -2.02. The molecule has 0 atom stereocenters. The molecule has 1 aliphatic rings.